The van der Waals surface area contributed by atoms with E-state index >= 15 is 0 Å². The Morgan fingerprint density at radius 2 is 1.86 bits per heavy atom. The lowest BCUT2D eigenvalue weighted by atomic mass is 10.1. The first-order chi connectivity index (χ1) is 13.4. The van der Waals surface area contributed by atoms with Crippen LogP contribution in [0.15, 0.2) is 18.2 Å². The van der Waals surface area contributed by atoms with Crippen LogP contribution in [0.3, 0.4) is 0 Å². The van der Waals surface area contributed by atoms with Gasteiger partial charge in [0.25, 0.3) is 11.8 Å². The monoisotopic (exact) mass is 404 g/mol. The van der Waals surface area contributed by atoms with Gasteiger partial charge in [0.15, 0.2) is 11.5 Å². The number of nitrogen functional groups attached to an aromatic ring is 1. The van der Waals surface area contributed by atoms with Crippen molar-refractivity contribution in [2.75, 3.05) is 33.1 Å². The third kappa shape index (κ3) is 3.29. The van der Waals surface area contributed by atoms with Crippen LogP contribution >= 0.6 is 11.3 Å². The number of carbonyl (C=O) groups excluding carboxylic acids is 3. The maximum atomic E-state index is 12.9. The lowest BCUT2D eigenvalue weighted by molar-refractivity contribution is -0.140. The second kappa shape index (κ2) is 7.89. The second-order valence-corrected chi connectivity index (χ2v) is 6.98. The van der Waals surface area contributed by atoms with Crippen LogP contribution in [0.5, 0.6) is 11.5 Å². The summed E-state index contributed by atoms with van der Waals surface area (Å²) in [6.45, 7) is 2.29. The molecular formula is C19H20N2O6S. The van der Waals surface area contributed by atoms with Gasteiger partial charge in [-0.3, -0.25) is 19.3 Å². The van der Waals surface area contributed by atoms with Gasteiger partial charge in [0.1, 0.15) is 5.00 Å². The zero-order valence-corrected chi connectivity index (χ0v) is 16.6. The molecule has 0 fully saturated rings. The first kappa shape index (κ1) is 19.7. The molecule has 148 valence electrons. The lowest BCUT2D eigenvalue weighted by Crippen LogP contribution is -2.32. The van der Waals surface area contributed by atoms with E-state index in [1.807, 2.05) is 6.92 Å². The summed E-state index contributed by atoms with van der Waals surface area (Å²) in [7, 11) is 2.78. The molecule has 2 heterocycles. The van der Waals surface area contributed by atoms with Crippen LogP contribution in [0.1, 0.15) is 34.1 Å². The Kier molecular flexibility index (Phi) is 5.55. The first-order valence-corrected chi connectivity index (χ1v) is 9.41. The largest absolute Gasteiger partial charge is 0.493 e. The number of nitrogens with zero attached hydrogens (tertiary/aromatic N) is 1. The molecule has 1 aromatic heterocycles. The molecule has 2 N–H and O–H groups in total. The number of nitrogens with two attached hydrogens (primary N) is 1. The van der Waals surface area contributed by atoms with Crippen molar-refractivity contribution in [3.63, 3.8) is 0 Å². The molecule has 0 saturated heterocycles. The maximum Gasteiger partial charge on any atom is 0.307 e. The number of rotatable bonds is 7. The Hall–Kier alpha value is -3.07. The predicted molar refractivity (Wildman–Crippen MR) is 104 cm³/mol. The van der Waals surface area contributed by atoms with E-state index in [9.17, 15) is 14.4 Å². The van der Waals surface area contributed by atoms with Crippen molar-refractivity contribution in [1.29, 1.82) is 0 Å². The van der Waals surface area contributed by atoms with Crippen molar-refractivity contribution >= 4 is 34.1 Å². The summed E-state index contributed by atoms with van der Waals surface area (Å²) < 4.78 is 15.5. The fraction of sp³-hybridized carbons (Fsp3) is 0.316. The highest BCUT2D eigenvalue weighted by Crippen LogP contribution is 2.45. The highest BCUT2D eigenvalue weighted by molar-refractivity contribution is 7.20. The number of carbonyl (C=O) groups is 3. The summed E-state index contributed by atoms with van der Waals surface area (Å²) in [5.74, 6) is -0.377. The number of ether oxygens (including phenoxy) is 3. The zero-order valence-electron chi connectivity index (χ0n) is 15.7. The molecule has 8 nitrogen and oxygen atoms in total. The Balaban J connectivity index is 1.99. The summed E-state index contributed by atoms with van der Waals surface area (Å²) in [6.07, 6.45) is -0.0756. The first-order valence-electron chi connectivity index (χ1n) is 8.59. The van der Waals surface area contributed by atoms with E-state index in [0.29, 0.717) is 28.5 Å². The molecule has 0 aliphatic carbocycles. The highest BCUT2D eigenvalue weighted by Gasteiger charge is 2.41. The lowest BCUT2D eigenvalue weighted by Gasteiger charge is -2.14. The zero-order chi connectivity index (χ0) is 20.4. The van der Waals surface area contributed by atoms with E-state index in [4.69, 9.17) is 15.2 Å². The molecule has 28 heavy (non-hydrogen) atoms. The van der Waals surface area contributed by atoms with Gasteiger partial charge in [0.2, 0.25) is 0 Å². The molecule has 1 aliphatic heterocycles. The Labute approximate surface area is 165 Å². The number of hydrogen-bond acceptors (Lipinski definition) is 8. The van der Waals surface area contributed by atoms with Crippen molar-refractivity contribution < 1.29 is 28.6 Å². The fourth-order valence-electron chi connectivity index (χ4n) is 3.02. The number of fused-ring (bicyclic) bond motifs is 1. The topological polar surface area (TPSA) is 108 Å². The van der Waals surface area contributed by atoms with Crippen LogP contribution in [0, 0.1) is 0 Å². The van der Waals surface area contributed by atoms with Crippen molar-refractivity contribution in [3.05, 3.63) is 29.3 Å². The van der Waals surface area contributed by atoms with Crippen LogP contribution < -0.4 is 15.2 Å². The van der Waals surface area contributed by atoms with Gasteiger partial charge >= 0.3 is 5.97 Å². The summed E-state index contributed by atoms with van der Waals surface area (Å²) in [5.41, 5.74) is 7.17. The smallest absolute Gasteiger partial charge is 0.307 e. The Morgan fingerprint density at radius 3 is 2.50 bits per heavy atom. The second-order valence-electron chi connectivity index (χ2n) is 5.93. The SMILES string of the molecule is CCOc1ccc(-c2sc(N)c3c2C(=O)N(CCC(=O)OC)C3=O)cc1OC. The van der Waals surface area contributed by atoms with Gasteiger partial charge in [-0.2, -0.15) is 0 Å². The minimum Gasteiger partial charge on any atom is -0.493 e. The van der Waals surface area contributed by atoms with Crippen LogP contribution in [0.25, 0.3) is 10.4 Å². The standard InChI is InChI=1S/C19H20N2O6S/c1-4-27-11-6-5-10(9-12(11)25-2)16-14-15(17(20)28-16)19(24)21(18(14)23)8-7-13(22)26-3/h5-6,9H,4,7-8,20H2,1-3H3. The van der Waals surface area contributed by atoms with E-state index in [2.05, 4.69) is 4.74 Å². The average molecular weight is 404 g/mol. The molecule has 1 aliphatic rings. The molecule has 0 radical (unpaired) electrons. The van der Waals surface area contributed by atoms with Crippen molar-refractivity contribution in [2.45, 2.75) is 13.3 Å². The molecule has 0 atom stereocenters. The summed E-state index contributed by atoms with van der Waals surface area (Å²) in [4.78, 5) is 38.5. The molecule has 0 spiro atoms. The van der Waals surface area contributed by atoms with Gasteiger partial charge in [-0.05, 0) is 30.7 Å². The normalized spacial score (nSPS) is 12.9. The Morgan fingerprint density at radius 1 is 1.14 bits per heavy atom. The van der Waals surface area contributed by atoms with Gasteiger partial charge in [-0.1, -0.05) is 0 Å². The Bertz CT molecular complexity index is 952. The van der Waals surface area contributed by atoms with E-state index in [1.165, 1.54) is 25.6 Å². The number of esters is 1. The molecular weight excluding hydrogens is 384 g/mol. The number of benzene rings is 1. The average Bonchev–Trinajstić information content (AvgIpc) is 3.16. The fourth-order valence-corrected chi connectivity index (χ4v) is 4.07. The summed E-state index contributed by atoms with van der Waals surface area (Å²) in [5, 5.41) is 0.261. The number of thiophene rings is 1. The molecule has 0 unspecified atom stereocenters. The third-order valence-electron chi connectivity index (χ3n) is 4.35. The highest BCUT2D eigenvalue weighted by atomic mass is 32.1. The number of imide groups is 1. The van der Waals surface area contributed by atoms with Gasteiger partial charge in [-0.15, -0.1) is 11.3 Å². The van der Waals surface area contributed by atoms with E-state index < -0.39 is 17.8 Å². The minimum absolute atomic E-state index is 0.0604. The van der Waals surface area contributed by atoms with E-state index in [0.717, 1.165) is 4.90 Å². The number of methoxy groups -OCH3 is 2. The summed E-state index contributed by atoms with van der Waals surface area (Å²) >= 11 is 1.17. The number of hydrogen-bond donors (Lipinski definition) is 1. The van der Waals surface area contributed by atoms with E-state index in [1.54, 1.807) is 18.2 Å². The van der Waals surface area contributed by atoms with Crippen LogP contribution in [-0.2, 0) is 9.53 Å². The predicted octanol–water partition coefficient (Wildman–Crippen LogP) is 2.56. The van der Waals surface area contributed by atoms with E-state index in [-0.39, 0.29) is 29.1 Å². The van der Waals surface area contributed by atoms with Crippen LogP contribution in [0.2, 0.25) is 0 Å². The molecule has 9 heteroatoms. The molecule has 2 amide bonds. The number of anilines is 1. The maximum absolute atomic E-state index is 12.9. The molecule has 3 rings (SSSR count). The summed E-state index contributed by atoms with van der Waals surface area (Å²) in [6, 6.07) is 5.27. The molecule has 0 saturated carbocycles. The quantitative estimate of drug-likeness (QED) is 0.558. The van der Waals surface area contributed by atoms with Crippen molar-refractivity contribution in [2.24, 2.45) is 0 Å². The third-order valence-corrected chi connectivity index (χ3v) is 5.41. The van der Waals surface area contributed by atoms with Crippen LogP contribution in [-0.4, -0.2) is 50.1 Å². The van der Waals surface area contributed by atoms with Crippen molar-refractivity contribution in [1.82, 2.24) is 4.90 Å². The van der Waals surface area contributed by atoms with Crippen molar-refractivity contribution in [3.8, 4) is 21.9 Å². The van der Waals surface area contributed by atoms with Gasteiger partial charge in [0, 0.05) is 6.54 Å². The van der Waals surface area contributed by atoms with Gasteiger partial charge in [-0.25, -0.2) is 0 Å². The van der Waals surface area contributed by atoms with Gasteiger partial charge in [0.05, 0.1) is 43.3 Å². The molecule has 1 aromatic carbocycles. The number of amides is 2. The molecule has 0 bridgehead atoms. The van der Waals surface area contributed by atoms with Crippen LogP contribution in [0.4, 0.5) is 5.00 Å². The minimum atomic E-state index is -0.501. The molecule has 2 aromatic rings. The van der Waals surface area contributed by atoms with Gasteiger partial charge < -0.3 is 19.9 Å².